The van der Waals surface area contributed by atoms with Crippen molar-refractivity contribution < 1.29 is 0 Å². The molecular weight excluding hydrogens is 256 g/mol. The van der Waals surface area contributed by atoms with Crippen LogP contribution in [0.5, 0.6) is 0 Å². The molecule has 2 fully saturated rings. The van der Waals surface area contributed by atoms with E-state index in [2.05, 4.69) is 28.9 Å². The van der Waals surface area contributed by atoms with Gasteiger partial charge in [-0.2, -0.15) is 0 Å². The molecule has 2 heteroatoms. The molecule has 1 atom stereocenters. The molecule has 2 rings (SSSR count). The maximum atomic E-state index is 2.65. The molecule has 2 aliphatic rings. The van der Waals surface area contributed by atoms with Crippen LogP contribution in [0.15, 0.2) is 12.2 Å². The molecule has 0 aliphatic carbocycles. The molecule has 0 spiro atoms. The van der Waals surface area contributed by atoms with Crippen molar-refractivity contribution in [2.75, 3.05) is 39.3 Å². The normalized spacial score (nSPS) is 28.0. The summed E-state index contributed by atoms with van der Waals surface area (Å²) in [6.45, 7) is 9.99. The first-order valence-corrected chi connectivity index (χ1v) is 9.44. The Labute approximate surface area is 132 Å². The summed E-state index contributed by atoms with van der Waals surface area (Å²) in [5, 5.41) is 0. The van der Waals surface area contributed by atoms with Gasteiger partial charge in [-0.15, -0.1) is 0 Å². The monoisotopic (exact) mass is 292 g/mol. The van der Waals surface area contributed by atoms with Crippen LogP contribution in [-0.2, 0) is 0 Å². The highest BCUT2D eigenvalue weighted by molar-refractivity contribution is 4.88. The predicted octanol–water partition coefficient (Wildman–Crippen LogP) is 4.32. The van der Waals surface area contributed by atoms with Gasteiger partial charge in [0.1, 0.15) is 0 Å². The Hall–Kier alpha value is -0.340. The summed E-state index contributed by atoms with van der Waals surface area (Å²) in [6, 6.07) is 0. The number of nitrogens with zero attached hydrogens (tertiary/aromatic N) is 2. The molecule has 21 heavy (non-hydrogen) atoms. The third-order valence-electron chi connectivity index (χ3n) is 5.20. The van der Waals surface area contributed by atoms with Gasteiger partial charge in [-0.1, -0.05) is 51.2 Å². The van der Waals surface area contributed by atoms with E-state index in [4.69, 9.17) is 0 Å². The molecule has 2 saturated heterocycles. The third kappa shape index (κ3) is 7.46. The zero-order valence-electron chi connectivity index (χ0n) is 14.2. The first-order chi connectivity index (χ1) is 10.3. The smallest absolute Gasteiger partial charge is 0.0163 e. The van der Waals surface area contributed by atoms with Crippen molar-refractivity contribution in [3.8, 4) is 0 Å². The second-order valence-corrected chi connectivity index (χ2v) is 7.23. The maximum absolute atomic E-state index is 2.65. The van der Waals surface area contributed by atoms with Crippen LogP contribution >= 0.6 is 0 Å². The first-order valence-electron chi connectivity index (χ1n) is 9.44. The van der Waals surface area contributed by atoms with Crippen molar-refractivity contribution >= 4 is 0 Å². The highest BCUT2D eigenvalue weighted by Crippen LogP contribution is 2.16. The van der Waals surface area contributed by atoms with Crippen molar-refractivity contribution in [1.82, 2.24) is 9.80 Å². The zero-order valence-corrected chi connectivity index (χ0v) is 14.2. The summed E-state index contributed by atoms with van der Waals surface area (Å²) >= 11 is 0. The lowest BCUT2D eigenvalue weighted by Crippen LogP contribution is -2.30. The second-order valence-electron chi connectivity index (χ2n) is 7.23. The van der Waals surface area contributed by atoms with E-state index >= 15 is 0 Å². The van der Waals surface area contributed by atoms with Crippen molar-refractivity contribution in [1.29, 1.82) is 0 Å². The largest absolute Gasteiger partial charge is 0.300 e. The Balaban J connectivity index is 1.63. The molecule has 1 unspecified atom stereocenters. The van der Waals surface area contributed by atoms with Crippen molar-refractivity contribution in [3.05, 3.63) is 12.2 Å². The van der Waals surface area contributed by atoms with Gasteiger partial charge in [0.2, 0.25) is 0 Å². The van der Waals surface area contributed by atoms with Crippen molar-refractivity contribution in [2.45, 2.75) is 64.7 Å². The molecule has 2 heterocycles. The minimum absolute atomic E-state index is 0.929. The second kappa shape index (κ2) is 10.4. The molecule has 0 aromatic rings. The number of hydrogen-bond acceptors (Lipinski definition) is 2. The van der Waals surface area contributed by atoms with Gasteiger partial charge >= 0.3 is 0 Å². The molecule has 0 aromatic carbocycles. The van der Waals surface area contributed by atoms with Gasteiger partial charge in [0.15, 0.2) is 0 Å². The van der Waals surface area contributed by atoms with Crippen LogP contribution in [0.4, 0.5) is 0 Å². The van der Waals surface area contributed by atoms with Crippen LogP contribution in [0.1, 0.15) is 64.7 Å². The molecule has 2 aliphatic heterocycles. The van der Waals surface area contributed by atoms with Gasteiger partial charge in [0, 0.05) is 13.1 Å². The van der Waals surface area contributed by atoms with Crippen LogP contribution in [0.3, 0.4) is 0 Å². The fourth-order valence-corrected chi connectivity index (χ4v) is 3.61. The average Bonchev–Trinajstić information content (AvgIpc) is 2.43. The number of likely N-dealkylation sites (tertiary alicyclic amines) is 2. The molecule has 0 radical (unpaired) electrons. The lowest BCUT2D eigenvalue weighted by atomic mass is 9.98. The van der Waals surface area contributed by atoms with Crippen LogP contribution in [0.2, 0.25) is 0 Å². The minimum atomic E-state index is 0.929. The Bertz CT molecular complexity index is 279. The van der Waals surface area contributed by atoms with Gasteiger partial charge in [-0.3, -0.25) is 9.80 Å². The highest BCUT2D eigenvalue weighted by atomic mass is 15.1. The Morgan fingerprint density at radius 3 is 1.86 bits per heavy atom. The van der Waals surface area contributed by atoms with E-state index in [1.807, 2.05) is 0 Å². The molecule has 0 amide bonds. The summed E-state index contributed by atoms with van der Waals surface area (Å²) in [4.78, 5) is 5.30. The van der Waals surface area contributed by atoms with Gasteiger partial charge in [-0.25, -0.2) is 0 Å². The van der Waals surface area contributed by atoms with Crippen LogP contribution in [0.25, 0.3) is 0 Å². The Morgan fingerprint density at radius 2 is 1.19 bits per heavy atom. The average molecular weight is 293 g/mol. The SMILES string of the molecule is CC1CCCCN(C/C=C/CN2CCCCCCC2)CC1. The summed E-state index contributed by atoms with van der Waals surface area (Å²) in [5.74, 6) is 0.929. The highest BCUT2D eigenvalue weighted by Gasteiger charge is 2.11. The quantitative estimate of drug-likeness (QED) is 0.712. The summed E-state index contributed by atoms with van der Waals surface area (Å²) in [5.41, 5.74) is 0. The van der Waals surface area contributed by atoms with Crippen molar-refractivity contribution in [2.24, 2.45) is 5.92 Å². The van der Waals surface area contributed by atoms with Gasteiger partial charge < -0.3 is 0 Å². The molecule has 0 saturated carbocycles. The molecule has 0 N–H and O–H groups in total. The van der Waals surface area contributed by atoms with E-state index in [1.165, 1.54) is 97.1 Å². The van der Waals surface area contributed by atoms with E-state index in [1.54, 1.807) is 0 Å². The van der Waals surface area contributed by atoms with Crippen LogP contribution < -0.4 is 0 Å². The summed E-state index contributed by atoms with van der Waals surface area (Å²) in [6.07, 6.45) is 17.6. The van der Waals surface area contributed by atoms with Gasteiger partial charge in [0.05, 0.1) is 0 Å². The summed E-state index contributed by atoms with van der Waals surface area (Å²) < 4.78 is 0. The third-order valence-corrected chi connectivity index (χ3v) is 5.20. The van der Waals surface area contributed by atoms with E-state index in [-0.39, 0.29) is 0 Å². The Kier molecular flexibility index (Phi) is 8.43. The zero-order chi connectivity index (χ0) is 14.8. The molecular formula is C19H36N2. The minimum Gasteiger partial charge on any atom is -0.300 e. The first kappa shape index (κ1) is 17.0. The maximum Gasteiger partial charge on any atom is 0.0163 e. The van der Waals surface area contributed by atoms with Gasteiger partial charge in [0.25, 0.3) is 0 Å². The Morgan fingerprint density at radius 1 is 0.667 bits per heavy atom. The topological polar surface area (TPSA) is 6.48 Å². The fraction of sp³-hybridized carbons (Fsp3) is 0.895. The van der Waals surface area contributed by atoms with E-state index in [9.17, 15) is 0 Å². The standard InChI is InChI=1S/C19H36N2/c1-19-11-5-8-15-21(18-12-19)17-10-9-16-20-13-6-3-2-4-7-14-20/h9-10,19H,2-8,11-18H2,1H3/b10-9+. The van der Waals surface area contributed by atoms with Crippen LogP contribution in [-0.4, -0.2) is 49.1 Å². The molecule has 122 valence electrons. The molecule has 0 aromatic heterocycles. The molecule has 2 nitrogen and oxygen atoms in total. The fourth-order valence-electron chi connectivity index (χ4n) is 3.61. The van der Waals surface area contributed by atoms with Crippen molar-refractivity contribution in [3.63, 3.8) is 0 Å². The lowest BCUT2D eigenvalue weighted by molar-refractivity contribution is 0.243. The van der Waals surface area contributed by atoms with E-state index < -0.39 is 0 Å². The number of hydrogen-bond donors (Lipinski definition) is 0. The van der Waals surface area contributed by atoms with E-state index in [0.29, 0.717) is 0 Å². The van der Waals surface area contributed by atoms with Crippen LogP contribution in [0, 0.1) is 5.92 Å². The summed E-state index contributed by atoms with van der Waals surface area (Å²) in [7, 11) is 0. The van der Waals surface area contributed by atoms with Gasteiger partial charge in [-0.05, 0) is 57.8 Å². The predicted molar refractivity (Wildman–Crippen MR) is 92.7 cm³/mol. The molecule has 0 bridgehead atoms. The lowest BCUT2D eigenvalue weighted by Gasteiger charge is -2.26. The van der Waals surface area contributed by atoms with E-state index in [0.717, 1.165) is 5.92 Å². The number of rotatable bonds is 4.